The molecule has 0 fully saturated rings. The van der Waals surface area contributed by atoms with Crippen LogP contribution in [0.1, 0.15) is 21.7 Å². The largest absolute Gasteiger partial charge is 0.467 e. The number of nitrogens with zero attached hydrogens (tertiary/aromatic N) is 1. The maximum Gasteiger partial charge on any atom is 0.269 e. The Morgan fingerprint density at radius 2 is 1.72 bits per heavy atom. The van der Waals surface area contributed by atoms with Crippen LogP contribution in [0, 0.1) is 10.1 Å². The molecule has 2 amide bonds. The van der Waals surface area contributed by atoms with Gasteiger partial charge in [-0.15, -0.1) is 0 Å². The second kappa shape index (κ2) is 9.14. The summed E-state index contributed by atoms with van der Waals surface area (Å²) < 4.78 is 5.18. The summed E-state index contributed by atoms with van der Waals surface area (Å²) in [5.41, 5.74) is 0.839. The quantitative estimate of drug-likeness (QED) is 0.364. The van der Waals surface area contributed by atoms with E-state index in [-0.39, 0.29) is 17.9 Å². The molecule has 3 rings (SSSR count). The fraction of sp³-hybridized carbons (Fsp3) is 0.0476. The topological polar surface area (TPSA) is 114 Å². The first kappa shape index (κ1) is 19.6. The smallest absolute Gasteiger partial charge is 0.269 e. The highest BCUT2D eigenvalue weighted by Crippen LogP contribution is 2.14. The molecule has 8 heteroatoms. The van der Waals surface area contributed by atoms with Crippen LogP contribution < -0.4 is 10.6 Å². The van der Waals surface area contributed by atoms with Gasteiger partial charge in [0.25, 0.3) is 17.5 Å². The summed E-state index contributed by atoms with van der Waals surface area (Å²) in [6.45, 7) is 0.143. The van der Waals surface area contributed by atoms with Crippen LogP contribution in [0.15, 0.2) is 83.1 Å². The molecule has 2 N–H and O–H groups in total. The second-order valence-corrected chi connectivity index (χ2v) is 5.99. The van der Waals surface area contributed by atoms with Gasteiger partial charge in [-0.05, 0) is 48.0 Å². The predicted molar refractivity (Wildman–Crippen MR) is 106 cm³/mol. The lowest BCUT2D eigenvalue weighted by Gasteiger charge is -2.11. The first-order chi connectivity index (χ1) is 14.0. The molecule has 0 saturated carbocycles. The zero-order chi connectivity index (χ0) is 20.6. The Kier molecular flexibility index (Phi) is 6.16. The molecule has 0 aliphatic heterocycles. The molecule has 1 heterocycles. The van der Waals surface area contributed by atoms with E-state index in [0.29, 0.717) is 16.9 Å². The van der Waals surface area contributed by atoms with Crippen LogP contribution in [0.2, 0.25) is 0 Å². The van der Waals surface area contributed by atoms with E-state index in [4.69, 9.17) is 4.42 Å². The Morgan fingerprint density at radius 1 is 1.00 bits per heavy atom. The minimum Gasteiger partial charge on any atom is -0.467 e. The number of carbonyl (C=O) groups excluding carboxylic acids is 2. The van der Waals surface area contributed by atoms with Crippen molar-refractivity contribution >= 4 is 23.6 Å². The van der Waals surface area contributed by atoms with E-state index < -0.39 is 16.7 Å². The molecule has 0 saturated heterocycles. The van der Waals surface area contributed by atoms with Crippen molar-refractivity contribution in [2.45, 2.75) is 6.54 Å². The number of benzene rings is 2. The average molecular weight is 391 g/mol. The molecular formula is C21H17N3O5. The van der Waals surface area contributed by atoms with Crippen LogP contribution in [0.3, 0.4) is 0 Å². The molecule has 0 unspecified atom stereocenters. The highest BCUT2D eigenvalue weighted by atomic mass is 16.6. The highest BCUT2D eigenvalue weighted by molar-refractivity contribution is 6.05. The summed E-state index contributed by atoms with van der Waals surface area (Å²) in [4.78, 5) is 35.4. The van der Waals surface area contributed by atoms with Gasteiger partial charge in [-0.3, -0.25) is 19.7 Å². The summed E-state index contributed by atoms with van der Waals surface area (Å²) in [7, 11) is 0. The van der Waals surface area contributed by atoms with E-state index in [2.05, 4.69) is 10.6 Å². The van der Waals surface area contributed by atoms with Crippen molar-refractivity contribution in [3.05, 3.63) is 106 Å². The van der Waals surface area contributed by atoms with Crippen molar-refractivity contribution in [1.82, 2.24) is 10.6 Å². The third-order valence-electron chi connectivity index (χ3n) is 3.95. The lowest BCUT2D eigenvalue weighted by Crippen LogP contribution is -2.34. The lowest BCUT2D eigenvalue weighted by molar-refractivity contribution is -0.384. The van der Waals surface area contributed by atoms with Crippen LogP contribution in [0.5, 0.6) is 0 Å². The SMILES string of the molecule is O=C(NCc1ccco1)/C(=C\c1ccc([N+](=O)[O-])cc1)NC(=O)c1ccccc1. The van der Waals surface area contributed by atoms with Crippen molar-refractivity contribution in [3.63, 3.8) is 0 Å². The molecule has 1 aromatic heterocycles. The molecule has 3 aromatic rings. The number of hydrogen-bond donors (Lipinski definition) is 2. The summed E-state index contributed by atoms with van der Waals surface area (Å²) in [6.07, 6.45) is 2.94. The van der Waals surface area contributed by atoms with Gasteiger partial charge in [0.15, 0.2) is 0 Å². The van der Waals surface area contributed by atoms with Crippen molar-refractivity contribution in [3.8, 4) is 0 Å². The van der Waals surface area contributed by atoms with Crippen LogP contribution >= 0.6 is 0 Å². The van der Waals surface area contributed by atoms with Gasteiger partial charge in [-0.1, -0.05) is 18.2 Å². The summed E-state index contributed by atoms with van der Waals surface area (Å²) in [6, 6.07) is 17.5. The van der Waals surface area contributed by atoms with E-state index in [0.717, 1.165) is 0 Å². The molecule has 0 spiro atoms. The number of nitro benzene ring substituents is 1. The van der Waals surface area contributed by atoms with Crippen LogP contribution in [0.4, 0.5) is 5.69 Å². The van der Waals surface area contributed by atoms with Crippen LogP contribution in [-0.2, 0) is 11.3 Å². The Hall–Kier alpha value is -4.20. The highest BCUT2D eigenvalue weighted by Gasteiger charge is 2.15. The Bertz CT molecular complexity index is 1030. The van der Waals surface area contributed by atoms with Gasteiger partial charge in [0.05, 0.1) is 17.7 Å². The summed E-state index contributed by atoms with van der Waals surface area (Å²) in [5, 5.41) is 16.1. The Balaban J connectivity index is 1.82. The monoisotopic (exact) mass is 391 g/mol. The van der Waals surface area contributed by atoms with Gasteiger partial charge in [0.2, 0.25) is 0 Å². The second-order valence-electron chi connectivity index (χ2n) is 5.99. The molecule has 146 valence electrons. The minimum atomic E-state index is -0.524. The van der Waals surface area contributed by atoms with Gasteiger partial charge < -0.3 is 15.1 Å². The van der Waals surface area contributed by atoms with E-state index in [9.17, 15) is 19.7 Å². The van der Waals surface area contributed by atoms with Gasteiger partial charge in [0.1, 0.15) is 11.5 Å². The molecular weight excluding hydrogens is 374 g/mol. The molecule has 29 heavy (non-hydrogen) atoms. The van der Waals surface area contributed by atoms with Crippen LogP contribution in [0.25, 0.3) is 6.08 Å². The van der Waals surface area contributed by atoms with Gasteiger partial charge in [-0.25, -0.2) is 0 Å². The maximum absolute atomic E-state index is 12.6. The summed E-state index contributed by atoms with van der Waals surface area (Å²) in [5.74, 6) is -0.418. The van der Waals surface area contributed by atoms with E-state index in [1.54, 1.807) is 42.5 Å². The number of furan rings is 1. The third kappa shape index (κ3) is 5.39. The lowest BCUT2D eigenvalue weighted by atomic mass is 10.1. The fourth-order valence-corrected chi connectivity index (χ4v) is 2.48. The number of amides is 2. The first-order valence-corrected chi connectivity index (χ1v) is 8.66. The van der Waals surface area contributed by atoms with E-state index >= 15 is 0 Å². The molecule has 0 bridgehead atoms. The first-order valence-electron chi connectivity index (χ1n) is 8.66. The number of nitrogens with one attached hydrogen (secondary N) is 2. The van der Waals surface area contributed by atoms with Crippen molar-refractivity contribution in [1.29, 1.82) is 0 Å². The zero-order valence-corrected chi connectivity index (χ0v) is 15.2. The van der Waals surface area contributed by atoms with Crippen molar-refractivity contribution < 1.29 is 18.9 Å². The molecule has 2 aromatic carbocycles. The van der Waals surface area contributed by atoms with E-state index in [1.807, 2.05) is 0 Å². The van der Waals surface area contributed by atoms with Crippen molar-refractivity contribution in [2.75, 3.05) is 0 Å². The van der Waals surface area contributed by atoms with Crippen molar-refractivity contribution in [2.24, 2.45) is 0 Å². The maximum atomic E-state index is 12.6. The number of carbonyl (C=O) groups is 2. The number of rotatable bonds is 7. The normalized spacial score (nSPS) is 11.0. The van der Waals surface area contributed by atoms with E-state index in [1.165, 1.54) is 36.6 Å². The van der Waals surface area contributed by atoms with Gasteiger partial charge in [0, 0.05) is 17.7 Å². The number of hydrogen-bond acceptors (Lipinski definition) is 5. The molecule has 0 aliphatic carbocycles. The standard InChI is InChI=1S/C21H17N3O5/c25-20(16-5-2-1-3-6-16)23-19(21(26)22-14-18-7-4-12-29-18)13-15-8-10-17(11-9-15)24(27)28/h1-13H,14H2,(H,22,26)(H,23,25)/b19-13+. The van der Waals surface area contributed by atoms with Gasteiger partial charge >= 0.3 is 0 Å². The number of non-ortho nitro benzene ring substituents is 1. The number of nitro groups is 1. The Morgan fingerprint density at radius 3 is 2.34 bits per heavy atom. The van der Waals surface area contributed by atoms with Crippen LogP contribution in [-0.4, -0.2) is 16.7 Å². The average Bonchev–Trinajstić information content (AvgIpc) is 3.26. The fourth-order valence-electron chi connectivity index (χ4n) is 2.48. The minimum absolute atomic E-state index is 0.000683. The summed E-state index contributed by atoms with van der Waals surface area (Å²) >= 11 is 0. The zero-order valence-electron chi connectivity index (χ0n) is 15.2. The molecule has 0 radical (unpaired) electrons. The molecule has 0 atom stereocenters. The predicted octanol–water partition coefficient (Wildman–Crippen LogP) is 3.28. The van der Waals surface area contributed by atoms with Gasteiger partial charge in [-0.2, -0.15) is 0 Å². The molecule has 8 nitrogen and oxygen atoms in total. The third-order valence-corrected chi connectivity index (χ3v) is 3.95. The Labute approximate surface area is 166 Å². The molecule has 0 aliphatic rings.